The van der Waals surface area contributed by atoms with E-state index in [1.165, 1.54) is 35.6 Å². The van der Waals surface area contributed by atoms with Crippen molar-refractivity contribution in [2.45, 2.75) is 51.4 Å². The van der Waals surface area contributed by atoms with Gasteiger partial charge in [0.05, 0.1) is 5.69 Å². The van der Waals surface area contributed by atoms with E-state index < -0.39 is 0 Å². The lowest BCUT2D eigenvalue weighted by atomic mass is 10.0. The molecule has 0 spiro atoms. The van der Waals surface area contributed by atoms with Crippen molar-refractivity contribution in [3.8, 4) is 0 Å². The Hall–Kier alpha value is -1.76. The van der Waals surface area contributed by atoms with Crippen molar-refractivity contribution in [3.05, 3.63) is 10.6 Å². The highest BCUT2D eigenvalue weighted by molar-refractivity contribution is 7.16. The van der Waals surface area contributed by atoms with E-state index in [1.54, 1.807) is 18.4 Å². The maximum absolute atomic E-state index is 12.3. The van der Waals surface area contributed by atoms with Crippen LogP contribution < -0.4 is 5.32 Å². The lowest BCUT2D eigenvalue weighted by molar-refractivity contribution is -0.130. The van der Waals surface area contributed by atoms with Crippen LogP contribution in [-0.4, -0.2) is 34.6 Å². The molecule has 0 atom stereocenters. The van der Waals surface area contributed by atoms with E-state index in [0.717, 1.165) is 18.5 Å². The Kier molecular flexibility index (Phi) is 4.52. The molecule has 0 fully saturated rings. The minimum atomic E-state index is -0.249. The normalized spacial score (nSPS) is 19.0. The van der Waals surface area contributed by atoms with E-state index in [4.69, 9.17) is 0 Å². The first-order valence-corrected chi connectivity index (χ1v) is 8.59. The van der Waals surface area contributed by atoms with Gasteiger partial charge in [-0.15, -0.1) is 11.3 Å². The molecule has 1 aliphatic carbocycles. The topological polar surface area (TPSA) is 74.7 Å². The van der Waals surface area contributed by atoms with Crippen LogP contribution in [0.3, 0.4) is 0 Å². The van der Waals surface area contributed by atoms with Gasteiger partial charge in [0.1, 0.15) is 5.71 Å². The molecule has 0 saturated carbocycles. The first-order chi connectivity index (χ1) is 10.6. The molecule has 22 heavy (non-hydrogen) atoms. The van der Waals surface area contributed by atoms with Gasteiger partial charge in [0.25, 0.3) is 5.91 Å². The molecule has 1 aromatic heterocycles. The average molecular weight is 320 g/mol. The van der Waals surface area contributed by atoms with Crippen LogP contribution in [-0.2, 0) is 22.4 Å². The third-order valence-corrected chi connectivity index (χ3v) is 5.11. The summed E-state index contributed by atoms with van der Waals surface area (Å²) in [7, 11) is 1.57. The number of aryl methyl sites for hydroxylation is 2. The van der Waals surface area contributed by atoms with Crippen LogP contribution in [0.15, 0.2) is 5.10 Å². The Morgan fingerprint density at radius 3 is 2.68 bits per heavy atom. The van der Waals surface area contributed by atoms with Crippen molar-refractivity contribution in [2.24, 2.45) is 5.10 Å². The number of fused-ring (bicyclic) bond motifs is 1. The molecule has 3 rings (SSSR count). The molecular formula is C15H20N4O2S. The van der Waals surface area contributed by atoms with Crippen LogP contribution in [0.1, 0.15) is 49.1 Å². The zero-order valence-electron chi connectivity index (χ0n) is 12.7. The molecule has 2 aliphatic rings. The predicted molar refractivity (Wildman–Crippen MR) is 86.1 cm³/mol. The highest BCUT2D eigenvalue weighted by Crippen LogP contribution is 2.28. The molecule has 0 saturated heterocycles. The van der Waals surface area contributed by atoms with Gasteiger partial charge in [-0.3, -0.25) is 14.9 Å². The predicted octanol–water partition coefficient (Wildman–Crippen LogP) is 2.35. The summed E-state index contributed by atoms with van der Waals surface area (Å²) >= 11 is 1.57. The number of thiazole rings is 1. The monoisotopic (exact) mass is 320 g/mol. The van der Waals surface area contributed by atoms with Crippen molar-refractivity contribution >= 4 is 34.0 Å². The number of anilines is 1. The Labute approximate surface area is 133 Å². The molecule has 0 radical (unpaired) electrons. The van der Waals surface area contributed by atoms with Crippen LogP contribution in [0.4, 0.5) is 5.13 Å². The summed E-state index contributed by atoms with van der Waals surface area (Å²) in [6, 6.07) is 0. The second-order valence-electron chi connectivity index (χ2n) is 5.72. The van der Waals surface area contributed by atoms with Gasteiger partial charge < -0.3 is 0 Å². The van der Waals surface area contributed by atoms with E-state index >= 15 is 0 Å². The van der Waals surface area contributed by atoms with Gasteiger partial charge in [-0.2, -0.15) is 5.10 Å². The number of amides is 2. The van der Waals surface area contributed by atoms with Crippen molar-refractivity contribution in [2.75, 3.05) is 12.4 Å². The fraction of sp³-hybridized carbons (Fsp3) is 0.600. The maximum Gasteiger partial charge on any atom is 0.273 e. The molecule has 0 aromatic carbocycles. The minimum Gasteiger partial charge on any atom is -0.297 e. The average Bonchev–Trinajstić information content (AvgIpc) is 2.83. The van der Waals surface area contributed by atoms with E-state index in [9.17, 15) is 9.59 Å². The zero-order valence-corrected chi connectivity index (χ0v) is 13.5. The number of carbonyl (C=O) groups excluding carboxylic acids is 2. The van der Waals surface area contributed by atoms with Crippen LogP contribution in [0, 0.1) is 0 Å². The molecule has 2 amide bonds. The van der Waals surface area contributed by atoms with E-state index in [-0.39, 0.29) is 11.8 Å². The maximum atomic E-state index is 12.3. The molecule has 1 aliphatic heterocycles. The summed E-state index contributed by atoms with van der Waals surface area (Å²) < 4.78 is 0. The molecule has 6 nitrogen and oxygen atoms in total. The summed E-state index contributed by atoms with van der Waals surface area (Å²) in [5, 5.41) is 8.77. The van der Waals surface area contributed by atoms with Crippen LogP contribution in [0.5, 0.6) is 0 Å². The lowest BCUT2D eigenvalue weighted by Gasteiger charge is -2.18. The number of hydrazone groups is 1. The number of nitrogens with one attached hydrogen (secondary N) is 1. The Balaban J connectivity index is 1.70. The third kappa shape index (κ3) is 3.35. The van der Waals surface area contributed by atoms with Gasteiger partial charge in [0.2, 0.25) is 5.91 Å². The smallest absolute Gasteiger partial charge is 0.273 e. The summed E-state index contributed by atoms with van der Waals surface area (Å²) in [5.74, 6) is -0.310. The number of nitrogens with zero attached hydrogens (tertiary/aromatic N) is 3. The van der Waals surface area contributed by atoms with Gasteiger partial charge >= 0.3 is 0 Å². The summed E-state index contributed by atoms with van der Waals surface area (Å²) in [6.07, 6.45) is 7.68. The molecule has 1 N–H and O–H groups in total. The fourth-order valence-electron chi connectivity index (χ4n) is 2.76. The van der Waals surface area contributed by atoms with Gasteiger partial charge in [-0.05, 0) is 25.7 Å². The van der Waals surface area contributed by atoms with Crippen LogP contribution >= 0.6 is 11.3 Å². The number of carbonyl (C=O) groups is 2. The third-order valence-electron chi connectivity index (χ3n) is 4.04. The summed E-state index contributed by atoms with van der Waals surface area (Å²) in [4.78, 5) is 29.5. The number of hydrogen-bond donors (Lipinski definition) is 1. The van der Waals surface area contributed by atoms with Gasteiger partial charge in [-0.1, -0.05) is 12.8 Å². The van der Waals surface area contributed by atoms with E-state index in [1.807, 2.05) is 0 Å². The molecular weight excluding hydrogens is 300 g/mol. The number of rotatable bonds is 2. The van der Waals surface area contributed by atoms with Crippen molar-refractivity contribution in [1.29, 1.82) is 0 Å². The Morgan fingerprint density at radius 2 is 1.91 bits per heavy atom. The van der Waals surface area contributed by atoms with Crippen molar-refractivity contribution < 1.29 is 9.59 Å². The first-order valence-electron chi connectivity index (χ1n) is 7.77. The largest absolute Gasteiger partial charge is 0.297 e. The summed E-state index contributed by atoms with van der Waals surface area (Å²) in [6.45, 7) is 0. The van der Waals surface area contributed by atoms with E-state index in [2.05, 4.69) is 15.4 Å². The fourth-order valence-corrected chi connectivity index (χ4v) is 3.81. The summed E-state index contributed by atoms with van der Waals surface area (Å²) in [5.41, 5.74) is 1.53. The Morgan fingerprint density at radius 1 is 1.14 bits per heavy atom. The van der Waals surface area contributed by atoms with Gasteiger partial charge in [0.15, 0.2) is 5.13 Å². The Bertz CT molecular complexity index is 598. The standard InChI is InChI=1S/C15H20N4O2S/c1-19-13(20)9-8-11(18-19)14(21)17-15-16-10-6-4-2-3-5-7-12(10)22-15/h2-9H2,1H3,(H,16,17,21). The lowest BCUT2D eigenvalue weighted by Crippen LogP contribution is -2.34. The highest BCUT2D eigenvalue weighted by atomic mass is 32.1. The van der Waals surface area contributed by atoms with Gasteiger partial charge in [-0.25, -0.2) is 9.99 Å². The number of hydrogen-bond acceptors (Lipinski definition) is 5. The SMILES string of the molecule is CN1N=C(C(=O)Nc2nc3c(s2)CCCCCC3)CCC1=O. The zero-order chi connectivity index (χ0) is 15.5. The van der Waals surface area contributed by atoms with Crippen LogP contribution in [0.25, 0.3) is 0 Å². The number of aromatic nitrogens is 1. The molecule has 2 heterocycles. The van der Waals surface area contributed by atoms with E-state index in [0.29, 0.717) is 23.7 Å². The second kappa shape index (κ2) is 6.56. The minimum absolute atomic E-state index is 0.0613. The van der Waals surface area contributed by atoms with Crippen LogP contribution in [0.2, 0.25) is 0 Å². The molecule has 7 heteroatoms. The van der Waals surface area contributed by atoms with Gasteiger partial charge in [0, 0.05) is 24.8 Å². The molecule has 118 valence electrons. The van der Waals surface area contributed by atoms with Crippen molar-refractivity contribution in [1.82, 2.24) is 9.99 Å². The molecule has 0 bridgehead atoms. The highest BCUT2D eigenvalue weighted by Gasteiger charge is 2.23. The molecule has 1 aromatic rings. The molecule has 0 unspecified atom stereocenters. The first kappa shape index (κ1) is 15.1. The quantitative estimate of drug-likeness (QED) is 0.909. The van der Waals surface area contributed by atoms with Crippen molar-refractivity contribution in [3.63, 3.8) is 0 Å². The second-order valence-corrected chi connectivity index (χ2v) is 6.80.